The first-order chi connectivity index (χ1) is 10.6. The van der Waals surface area contributed by atoms with Gasteiger partial charge in [-0.3, -0.25) is 4.57 Å². The number of benzene rings is 1. The van der Waals surface area contributed by atoms with Gasteiger partial charge in [0.1, 0.15) is 28.7 Å². The number of nitrogens with zero attached hydrogens (tertiary/aromatic N) is 3. The number of para-hydroxylation sites is 1. The first-order valence-corrected chi connectivity index (χ1v) is 6.86. The molecule has 0 unspecified atom stereocenters. The minimum absolute atomic E-state index is 0.141. The number of thiocarbonyl (C=S) groups is 1. The fourth-order valence-electron chi connectivity index (χ4n) is 2.25. The topological polar surface area (TPSA) is 118 Å². The van der Waals surface area contributed by atoms with E-state index in [-0.39, 0.29) is 17.5 Å². The molecule has 0 spiro atoms. The summed E-state index contributed by atoms with van der Waals surface area (Å²) in [6.45, 7) is 0.158. The van der Waals surface area contributed by atoms with Crippen LogP contribution in [0.1, 0.15) is 5.56 Å². The highest BCUT2D eigenvalue weighted by Crippen LogP contribution is 2.30. The van der Waals surface area contributed by atoms with Crippen LogP contribution in [-0.2, 0) is 6.73 Å². The third-order valence-corrected chi connectivity index (χ3v) is 3.46. The van der Waals surface area contributed by atoms with Gasteiger partial charge in [0.05, 0.1) is 10.9 Å². The van der Waals surface area contributed by atoms with E-state index in [9.17, 15) is 0 Å². The van der Waals surface area contributed by atoms with E-state index in [1.54, 1.807) is 4.57 Å². The number of fused-ring (bicyclic) bond motifs is 1. The van der Waals surface area contributed by atoms with Crippen LogP contribution in [0.4, 0.5) is 11.6 Å². The Bertz CT molecular complexity index is 845. The molecule has 0 radical (unpaired) electrons. The third kappa shape index (κ3) is 2.29. The lowest BCUT2D eigenvalue weighted by Gasteiger charge is -2.09. The van der Waals surface area contributed by atoms with Crippen molar-refractivity contribution in [2.75, 3.05) is 11.5 Å². The molecular formula is C14H14N6OS. The van der Waals surface area contributed by atoms with Crippen molar-refractivity contribution in [1.29, 1.82) is 0 Å². The van der Waals surface area contributed by atoms with E-state index in [1.165, 1.54) is 6.33 Å². The second-order valence-corrected chi connectivity index (χ2v) is 5.04. The van der Waals surface area contributed by atoms with Gasteiger partial charge in [-0.1, -0.05) is 30.4 Å². The highest BCUT2D eigenvalue weighted by atomic mass is 32.1. The van der Waals surface area contributed by atoms with Crippen LogP contribution in [0.2, 0.25) is 0 Å². The highest BCUT2D eigenvalue weighted by molar-refractivity contribution is 7.80. The summed E-state index contributed by atoms with van der Waals surface area (Å²) >= 11 is 5.06. The van der Waals surface area contributed by atoms with Crippen LogP contribution in [0, 0.1) is 0 Å². The number of aromatic nitrogens is 3. The summed E-state index contributed by atoms with van der Waals surface area (Å²) in [5.41, 5.74) is 18.8. The molecule has 0 bridgehead atoms. The Balaban J connectivity index is 2.08. The number of nitrogens with two attached hydrogens (primary N) is 3. The molecule has 8 heteroatoms. The van der Waals surface area contributed by atoms with E-state index in [2.05, 4.69) is 9.97 Å². The summed E-state index contributed by atoms with van der Waals surface area (Å²) in [6, 6.07) is 9.37. The molecule has 0 saturated carbocycles. The molecule has 0 aliphatic carbocycles. The molecule has 0 saturated heterocycles. The molecule has 2 aromatic heterocycles. The van der Waals surface area contributed by atoms with Crippen molar-refractivity contribution in [3.8, 4) is 5.75 Å². The molecule has 0 fully saturated rings. The van der Waals surface area contributed by atoms with Gasteiger partial charge in [-0.2, -0.15) is 0 Å². The Morgan fingerprint density at radius 3 is 2.59 bits per heavy atom. The molecule has 0 amide bonds. The maximum absolute atomic E-state index is 6.14. The van der Waals surface area contributed by atoms with Gasteiger partial charge in [-0.25, -0.2) is 9.97 Å². The summed E-state index contributed by atoms with van der Waals surface area (Å²) in [5, 5.41) is 0.546. The summed E-state index contributed by atoms with van der Waals surface area (Å²) < 4.78 is 7.37. The fraction of sp³-hybridized carbons (Fsp3) is 0.0714. The first kappa shape index (κ1) is 14.1. The van der Waals surface area contributed by atoms with Gasteiger partial charge in [-0.15, -0.1) is 0 Å². The van der Waals surface area contributed by atoms with Gasteiger partial charge in [0, 0.05) is 0 Å². The summed E-state index contributed by atoms with van der Waals surface area (Å²) in [7, 11) is 0. The first-order valence-electron chi connectivity index (χ1n) is 6.45. The smallest absolute Gasteiger partial charge is 0.168 e. The quantitative estimate of drug-likeness (QED) is 0.620. The Labute approximate surface area is 131 Å². The van der Waals surface area contributed by atoms with Gasteiger partial charge in [0.2, 0.25) is 0 Å². The minimum Gasteiger partial charge on any atom is -0.473 e. The largest absolute Gasteiger partial charge is 0.473 e. The average molecular weight is 314 g/mol. The zero-order valence-electron chi connectivity index (χ0n) is 11.6. The second kappa shape index (κ2) is 5.49. The zero-order chi connectivity index (χ0) is 15.7. The maximum Gasteiger partial charge on any atom is 0.168 e. The molecule has 0 aliphatic heterocycles. The van der Waals surface area contributed by atoms with Crippen molar-refractivity contribution in [3.63, 3.8) is 0 Å². The number of ether oxygens (including phenoxy) is 1. The third-order valence-electron chi connectivity index (χ3n) is 3.26. The van der Waals surface area contributed by atoms with Crippen molar-refractivity contribution < 1.29 is 4.74 Å². The molecule has 1 aromatic carbocycles. The predicted molar refractivity (Wildman–Crippen MR) is 89.3 cm³/mol. The lowest BCUT2D eigenvalue weighted by atomic mass is 10.2. The van der Waals surface area contributed by atoms with Gasteiger partial charge >= 0.3 is 0 Å². The molecule has 112 valence electrons. The number of hydrogen-bond acceptors (Lipinski definition) is 6. The van der Waals surface area contributed by atoms with Crippen LogP contribution in [-0.4, -0.2) is 19.5 Å². The van der Waals surface area contributed by atoms with Crippen LogP contribution in [0.5, 0.6) is 5.75 Å². The standard InChI is InChI=1S/C14H14N6OS/c15-11-9-10(13(17)22)12(16)20(14(9)19-6-18-11)7-21-8-4-2-1-3-5-8/h1-6H,7,16H2,(H2,17,22)(H2,15,18,19). The SMILES string of the molecule is NC(=S)c1c(N)n(COc2ccccc2)c2ncnc(N)c12. The van der Waals surface area contributed by atoms with E-state index in [1.807, 2.05) is 30.3 Å². The molecule has 7 nitrogen and oxygen atoms in total. The van der Waals surface area contributed by atoms with Crippen molar-refractivity contribution >= 4 is 39.9 Å². The number of hydrogen-bond donors (Lipinski definition) is 3. The highest BCUT2D eigenvalue weighted by Gasteiger charge is 2.20. The molecule has 0 atom stereocenters. The monoisotopic (exact) mass is 314 g/mol. The molecule has 6 N–H and O–H groups in total. The summed E-state index contributed by atoms with van der Waals surface area (Å²) in [5.74, 6) is 1.34. The second-order valence-electron chi connectivity index (χ2n) is 4.60. The molecule has 22 heavy (non-hydrogen) atoms. The summed E-state index contributed by atoms with van der Waals surface area (Å²) in [4.78, 5) is 8.32. The Morgan fingerprint density at radius 2 is 1.91 bits per heavy atom. The van der Waals surface area contributed by atoms with E-state index in [0.717, 1.165) is 0 Å². The molecule has 0 aliphatic rings. The van der Waals surface area contributed by atoms with Crippen molar-refractivity contribution in [1.82, 2.24) is 14.5 Å². The molecular weight excluding hydrogens is 300 g/mol. The molecule has 3 aromatic rings. The fourth-order valence-corrected chi connectivity index (χ4v) is 2.45. The van der Waals surface area contributed by atoms with E-state index < -0.39 is 0 Å². The van der Waals surface area contributed by atoms with Gasteiger partial charge < -0.3 is 21.9 Å². The minimum atomic E-state index is 0.141. The van der Waals surface area contributed by atoms with E-state index >= 15 is 0 Å². The van der Waals surface area contributed by atoms with Crippen LogP contribution >= 0.6 is 12.2 Å². The van der Waals surface area contributed by atoms with Gasteiger partial charge in [0.15, 0.2) is 12.4 Å². The summed E-state index contributed by atoms with van der Waals surface area (Å²) in [6.07, 6.45) is 1.36. The predicted octanol–water partition coefficient (Wildman–Crippen LogP) is 1.27. The van der Waals surface area contributed by atoms with E-state index in [4.69, 9.17) is 34.2 Å². The maximum atomic E-state index is 6.14. The zero-order valence-corrected chi connectivity index (χ0v) is 12.4. The molecule has 2 heterocycles. The Kier molecular flexibility index (Phi) is 3.51. The van der Waals surface area contributed by atoms with E-state index in [0.29, 0.717) is 28.2 Å². The lowest BCUT2D eigenvalue weighted by Crippen LogP contribution is -2.14. The Hall–Kier alpha value is -2.87. The number of anilines is 2. The Morgan fingerprint density at radius 1 is 1.18 bits per heavy atom. The van der Waals surface area contributed by atoms with Crippen LogP contribution < -0.4 is 21.9 Å². The van der Waals surface area contributed by atoms with Crippen LogP contribution in [0.15, 0.2) is 36.7 Å². The van der Waals surface area contributed by atoms with Crippen LogP contribution in [0.3, 0.4) is 0 Å². The van der Waals surface area contributed by atoms with Crippen molar-refractivity contribution in [2.24, 2.45) is 5.73 Å². The average Bonchev–Trinajstić information content (AvgIpc) is 2.80. The number of rotatable bonds is 4. The van der Waals surface area contributed by atoms with Crippen molar-refractivity contribution in [2.45, 2.75) is 6.73 Å². The van der Waals surface area contributed by atoms with Gasteiger partial charge in [0.25, 0.3) is 0 Å². The van der Waals surface area contributed by atoms with Crippen molar-refractivity contribution in [3.05, 3.63) is 42.2 Å². The number of nitrogen functional groups attached to an aromatic ring is 2. The normalized spacial score (nSPS) is 10.7. The van der Waals surface area contributed by atoms with Crippen LogP contribution in [0.25, 0.3) is 11.0 Å². The molecule has 3 rings (SSSR count). The van der Waals surface area contributed by atoms with Gasteiger partial charge in [-0.05, 0) is 12.1 Å². The lowest BCUT2D eigenvalue weighted by molar-refractivity contribution is 0.243.